The number of rotatable bonds is 4. The zero-order valence-electron chi connectivity index (χ0n) is 11.4. The first-order valence-electron chi connectivity index (χ1n) is 7.17. The number of carbonyl (C=O) groups excluding carboxylic acids is 1. The van der Waals surface area contributed by atoms with Crippen molar-refractivity contribution < 1.29 is 4.79 Å². The maximum absolute atomic E-state index is 12.1. The fraction of sp³-hybridized carbons (Fsp3) is 0.375. The molecule has 0 radical (unpaired) electrons. The lowest BCUT2D eigenvalue weighted by molar-refractivity contribution is 0.0947. The minimum Gasteiger partial charge on any atom is -0.351 e. The van der Waals surface area contributed by atoms with Crippen molar-refractivity contribution in [2.75, 3.05) is 19.6 Å². The molecule has 2 heterocycles. The molecule has 1 amide bonds. The second-order valence-corrected chi connectivity index (χ2v) is 5.29. The molecule has 0 aliphatic carbocycles. The molecule has 1 aromatic carbocycles. The Labute approximate surface area is 118 Å². The van der Waals surface area contributed by atoms with Crippen LogP contribution in [-0.4, -0.2) is 30.5 Å². The second kappa shape index (κ2) is 6.01. The summed E-state index contributed by atoms with van der Waals surface area (Å²) >= 11 is 0. The lowest BCUT2D eigenvalue weighted by Crippen LogP contribution is -2.27. The lowest BCUT2D eigenvalue weighted by Gasteiger charge is -2.09. The van der Waals surface area contributed by atoms with Crippen molar-refractivity contribution in [1.82, 2.24) is 15.6 Å². The van der Waals surface area contributed by atoms with Crippen LogP contribution >= 0.6 is 0 Å². The first-order valence-corrected chi connectivity index (χ1v) is 7.17. The molecular weight excluding hydrogens is 250 g/mol. The van der Waals surface area contributed by atoms with Crippen LogP contribution in [0.4, 0.5) is 0 Å². The van der Waals surface area contributed by atoms with Crippen LogP contribution in [-0.2, 0) is 0 Å². The largest absolute Gasteiger partial charge is 0.351 e. The average Bonchev–Trinajstić information content (AvgIpc) is 3.00. The van der Waals surface area contributed by atoms with Gasteiger partial charge in [0.2, 0.25) is 0 Å². The van der Waals surface area contributed by atoms with E-state index in [2.05, 4.69) is 15.6 Å². The molecule has 1 atom stereocenters. The lowest BCUT2D eigenvalue weighted by atomic mass is 10.1. The predicted molar refractivity (Wildman–Crippen MR) is 79.7 cm³/mol. The van der Waals surface area contributed by atoms with E-state index >= 15 is 0 Å². The predicted octanol–water partition coefficient (Wildman–Crippen LogP) is 1.96. The van der Waals surface area contributed by atoms with Crippen molar-refractivity contribution in [3.05, 3.63) is 42.1 Å². The van der Waals surface area contributed by atoms with Crippen molar-refractivity contribution in [1.29, 1.82) is 0 Å². The highest BCUT2D eigenvalue weighted by molar-refractivity contribution is 5.94. The summed E-state index contributed by atoms with van der Waals surface area (Å²) in [6, 6.07) is 11.6. The zero-order chi connectivity index (χ0) is 13.8. The van der Waals surface area contributed by atoms with E-state index in [-0.39, 0.29) is 5.91 Å². The van der Waals surface area contributed by atoms with Gasteiger partial charge in [-0.05, 0) is 44.0 Å². The Kier molecular flexibility index (Phi) is 3.92. The van der Waals surface area contributed by atoms with Crippen LogP contribution in [0.15, 0.2) is 36.4 Å². The highest BCUT2D eigenvalue weighted by Gasteiger charge is 2.14. The van der Waals surface area contributed by atoms with Gasteiger partial charge in [0.15, 0.2) is 0 Å². The summed E-state index contributed by atoms with van der Waals surface area (Å²) in [5.41, 5.74) is 1.35. The first-order chi connectivity index (χ1) is 9.83. The van der Waals surface area contributed by atoms with Gasteiger partial charge in [0, 0.05) is 11.9 Å². The third-order valence-corrected chi connectivity index (χ3v) is 3.83. The van der Waals surface area contributed by atoms with Crippen LogP contribution in [0.3, 0.4) is 0 Å². The van der Waals surface area contributed by atoms with Crippen molar-refractivity contribution >= 4 is 16.8 Å². The molecule has 0 saturated carbocycles. The summed E-state index contributed by atoms with van der Waals surface area (Å²) in [5, 5.41) is 7.36. The Hall–Kier alpha value is -1.94. The number of hydrogen-bond acceptors (Lipinski definition) is 3. The smallest absolute Gasteiger partial charge is 0.269 e. The molecule has 1 unspecified atom stereocenters. The Bertz CT molecular complexity index is 605. The maximum atomic E-state index is 12.1. The number of pyridine rings is 1. The monoisotopic (exact) mass is 269 g/mol. The molecule has 1 saturated heterocycles. The molecule has 2 aromatic rings. The molecule has 1 fully saturated rings. The minimum absolute atomic E-state index is 0.0818. The fourth-order valence-electron chi connectivity index (χ4n) is 2.63. The van der Waals surface area contributed by atoms with Gasteiger partial charge in [-0.2, -0.15) is 0 Å². The third-order valence-electron chi connectivity index (χ3n) is 3.83. The van der Waals surface area contributed by atoms with Crippen LogP contribution in [0, 0.1) is 5.92 Å². The van der Waals surface area contributed by atoms with Crippen LogP contribution in [0.1, 0.15) is 23.3 Å². The number of nitrogens with zero attached hydrogens (tertiary/aromatic N) is 1. The van der Waals surface area contributed by atoms with Gasteiger partial charge in [-0.15, -0.1) is 0 Å². The molecule has 3 rings (SSSR count). The Morgan fingerprint density at radius 3 is 3.05 bits per heavy atom. The molecule has 4 heteroatoms. The highest BCUT2D eigenvalue weighted by Crippen LogP contribution is 2.13. The number of nitrogens with one attached hydrogen (secondary N) is 2. The quantitative estimate of drug-likeness (QED) is 0.892. The number of amides is 1. The molecule has 1 aliphatic heterocycles. The Balaban J connectivity index is 1.60. The standard InChI is InChI=1S/C16H19N3O/c20-16(18-10-8-12-7-9-17-11-12)15-6-5-13-3-1-2-4-14(13)19-15/h1-6,12,17H,7-11H2,(H,18,20). The minimum atomic E-state index is -0.0818. The van der Waals surface area contributed by atoms with Crippen LogP contribution in [0.2, 0.25) is 0 Å². The topological polar surface area (TPSA) is 54.0 Å². The Morgan fingerprint density at radius 2 is 2.20 bits per heavy atom. The number of para-hydroxylation sites is 1. The SMILES string of the molecule is O=C(NCCC1CCNC1)c1ccc2ccccc2n1. The van der Waals surface area contributed by atoms with E-state index in [0.29, 0.717) is 11.6 Å². The zero-order valence-corrected chi connectivity index (χ0v) is 11.4. The summed E-state index contributed by atoms with van der Waals surface area (Å²) < 4.78 is 0. The molecule has 1 aromatic heterocycles. The summed E-state index contributed by atoms with van der Waals surface area (Å²) in [6.45, 7) is 2.90. The van der Waals surface area contributed by atoms with Crippen LogP contribution < -0.4 is 10.6 Å². The number of carbonyl (C=O) groups is 1. The Morgan fingerprint density at radius 1 is 1.30 bits per heavy atom. The van der Waals surface area contributed by atoms with E-state index in [4.69, 9.17) is 0 Å². The summed E-state index contributed by atoms with van der Waals surface area (Å²) in [4.78, 5) is 16.5. The number of aromatic nitrogens is 1. The van der Waals surface area contributed by atoms with E-state index in [1.165, 1.54) is 6.42 Å². The van der Waals surface area contributed by atoms with Gasteiger partial charge in [-0.25, -0.2) is 4.98 Å². The van der Waals surface area contributed by atoms with E-state index in [1.807, 2.05) is 30.3 Å². The second-order valence-electron chi connectivity index (χ2n) is 5.29. The van der Waals surface area contributed by atoms with E-state index in [9.17, 15) is 4.79 Å². The third kappa shape index (κ3) is 2.96. The molecule has 104 valence electrons. The van der Waals surface area contributed by atoms with Gasteiger partial charge >= 0.3 is 0 Å². The molecule has 0 spiro atoms. The summed E-state index contributed by atoms with van der Waals surface area (Å²) in [7, 11) is 0. The summed E-state index contributed by atoms with van der Waals surface area (Å²) in [6.07, 6.45) is 2.25. The molecule has 0 bridgehead atoms. The van der Waals surface area contributed by atoms with Gasteiger partial charge in [0.1, 0.15) is 5.69 Å². The summed E-state index contributed by atoms with van der Waals surface area (Å²) in [5.74, 6) is 0.613. The molecule has 20 heavy (non-hydrogen) atoms. The molecule has 4 nitrogen and oxygen atoms in total. The molecule has 2 N–H and O–H groups in total. The number of benzene rings is 1. The van der Waals surface area contributed by atoms with Crippen molar-refractivity contribution in [3.63, 3.8) is 0 Å². The van der Waals surface area contributed by atoms with Crippen LogP contribution in [0.25, 0.3) is 10.9 Å². The van der Waals surface area contributed by atoms with E-state index in [0.717, 1.165) is 37.0 Å². The molecular formula is C16H19N3O. The van der Waals surface area contributed by atoms with Gasteiger partial charge in [0.25, 0.3) is 5.91 Å². The van der Waals surface area contributed by atoms with Crippen molar-refractivity contribution in [3.8, 4) is 0 Å². The van der Waals surface area contributed by atoms with Gasteiger partial charge in [0.05, 0.1) is 5.52 Å². The van der Waals surface area contributed by atoms with Crippen LogP contribution in [0.5, 0.6) is 0 Å². The van der Waals surface area contributed by atoms with Crippen molar-refractivity contribution in [2.24, 2.45) is 5.92 Å². The highest BCUT2D eigenvalue weighted by atomic mass is 16.1. The van der Waals surface area contributed by atoms with Gasteiger partial charge in [-0.3, -0.25) is 4.79 Å². The van der Waals surface area contributed by atoms with E-state index < -0.39 is 0 Å². The molecule has 1 aliphatic rings. The first kappa shape index (κ1) is 13.1. The number of hydrogen-bond donors (Lipinski definition) is 2. The maximum Gasteiger partial charge on any atom is 0.269 e. The fourth-order valence-corrected chi connectivity index (χ4v) is 2.63. The number of fused-ring (bicyclic) bond motifs is 1. The van der Waals surface area contributed by atoms with Gasteiger partial charge in [-0.1, -0.05) is 24.3 Å². The van der Waals surface area contributed by atoms with E-state index in [1.54, 1.807) is 6.07 Å². The average molecular weight is 269 g/mol. The normalized spacial score (nSPS) is 18.3. The van der Waals surface area contributed by atoms with Crippen molar-refractivity contribution in [2.45, 2.75) is 12.8 Å². The van der Waals surface area contributed by atoms with Gasteiger partial charge < -0.3 is 10.6 Å².